The molecule has 1 fully saturated rings. The van der Waals surface area contributed by atoms with Gasteiger partial charge in [-0.1, -0.05) is 26.7 Å². The lowest BCUT2D eigenvalue weighted by atomic mass is 9.71. The largest absolute Gasteiger partial charge is 0.319 e. The predicted octanol–water partition coefficient (Wildman–Crippen LogP) is 2.86. The van der Waals surface area contributed by atoms with Crippen molar-refractivity contribution < 1.29 is 8.42 Å². The molecule has 0 saturated heterocycles. The highest BCUT2D eigenvalue weighted by Crippen LogP contribution is 2.37. The van der Waals surface area contributed by atoms with E-state index in [1.165, 1.54) is 25.7 Å². The van der Waals surface area contributed by atoms with Crippen LogP contribution >= 0.6 is 0 Å². The van der Waals surface area contributed by atoms with Crippen molar-refractivity contribution in [3.63, 3.8) is 0 Å². The quantitative estimate of drug-likeness (QED) is 0.747. The van der Waals surface area contributed by atoms with Crippen LogP contribution in [0, 0.1) is 17.8 Å². The summed E-state index contributed by atoms with van der Waals surface area (Å²) in [6, 6.07) is 0. The van der Waals surface area contributed by atoms with Gasteiger partial charge in [-0.15, -0.1) is 0 Å². The number of hydrogen-bond donors (Lipinski definition) is 1. The molecule has 0 aromatic carbocycles. The molecule has 1 aliphatic carbocycles. The molecule has 0 aliphatic heterocycles. The van der Waals surface area contributed by atoms with Gasteiger partial charge in [-0.05, 0) is 57.0 Å². The first kappa shape index (κ1) is 17.0. The Labute approximate surface area is 119 Å². The van der Waals surface area contributed by atoms with Crippen LogP contribution in [0.4, 0.5) is 0 Å². The second-order valence-corrected chi connectivity index (χ2v) is 8.52. The topological polar surface area (TPSA) is 46.2 Å². The average Bonchev–Trinajstić information content (AvgIpc) is 2.40. The summed E-state index contributed by atoms with van der Waals surface area (Å²) in [5.41, 5.74) is 0. The minimum Gasteiger partial charge on any atom is -0.319 e. The Morgan fingerprint density at radius 1 is 1.16 bits per heavy atom. The number of hydrogen-bond acceptors (Lipinski definition) is 3. The summed E-state index contributed by atoms with van der Waals surface area (Å²) >= 11 is 0. The van der Waals surface area contributed by atoms with Crippen LogP contribution in [0.25, 0.3) is 0 Å². The van der Waals surface area contributed by atoms with Crippen molar-refractivity contribution in [1.82, 2.24) is 5.32 Å². The third-order valence-electron chi connectivity index (χ3n) is 4.76. The van der Waals surface area contributed by atoms with E-state index in [0.717, 1.165) is 37.1 Å². The summed E-state index contributed by atoms with van der Waals surface area (Å²) < 4.78 is 23.1. The Balaban J connectivity index is 2.45. The molecule has 1 N–H and O–H groups in total. The Hall–Kier alpha value is -0.0900. The monoisotopic (exact) mass is 289 g/mol. The van der Waals surface area contributed by atoms with Crippen molar-refractivity contribution in [1.29, 1.82) is 0 Å². The molecule has 3 nitrogen and oxygen atoms in total. The molecule has 19 heavy (non-hydrogen) atoms. The second-order valence-electron chi connectivity index (χ2n) is 6.04. The van der Waals surface area contributed by atoms with Gasteiger partial charge >= 0.3 is 0 Å². The van der Waals surface area contributed by atoms with Crippen LogP contribution in [0.5, 0.6) is 0 Å². The van der Waals surface area contributed by atoms with Gasteiger partial charge in [-0.25, -0.2) is 8.42 Å². The fourth-order valence-corrected chi connectivity index (χ4v) is 4.28. The van der Waals surface area contributed by atoms with E-state index in [2.05, 4.69) is 12.2 Å². The van der Waals surface area contributed by atoms with Gasteiger partial charge in [0, 0.05) is 5.75 Å². The van der Waals surface area contributed by atoms with Crippen LogP contribution in [-0.4, -0.2) is 33.5 Å². The van der Waals surface area contributed by atoms with E-state index >= 15 is 0 Å². The van der Waals surface area contributed by atoms with Crippen LogP contribution in [0.3, 0.4) is 0 Å². The Morgan fingerprint density at radius 3 is 2.47 bits per heavy atom. The summed E-state index contributed by atoms with van der Waals surface area (Å²) in [5, 5.41) is 3.30. The molecule has 0 heterocycles. The van der Waals surface area contributed by atoms with Crippen LogP contribution in [-0.2, 0) is 9.84 Å². The van der Waals surface area contributed by atoms with Gasteiger partial charge in [0.25, 0.3) is 0 Å². The summed E-state index contributed by atoms with van der Waals surface area (Å²) in [4.78, 5) is 0. The molecular weight excluding hydrogens is 258 g/mol. The lowest BCUT2D eigenvalue weighted by Crippen LogP contribution is -2.32. The molecule has 0 radical (unpaired) electrons. The van der Waals surface area contributed by atoms with Gasteiger partial charge in [0.05, 0.1) is 5.75 Å². The summed E-state index contributed by atoms with van der Waals surface area (Å²) in [7, 11) is -0.766. The first-order valence-corrected chi connectivity index (χ1v) is 9.69. The van der Waals surface area contributed by atoms with Crippen molar-refractivity contribution in [2.75, 3.05) is 25.1 Å². The maximum absolute atomic E-state index is 11.6. The van der Waals surface area contributed by atoms with E-state index in [1.54, 1.807) is 6.92 Å². The fraction of sp³-hybridized carbons (Fsp3) is 1.00. The summed E-state index contributed by atoms with van der Waals surface area (Å²) in [6.07, 6.45) is 7.17. The molecule has 4 heteroatoms. The van der Waals surface area contributed by atoms with Crippen LogP contribution < -0.4 is 5.32 Å². The molecule has 0 aromatic heterocycles. The molecule has 0 aromatic rings. The highest BCUT2D eigenvalue weighted by molar-refractivity contribution is 7.91. The summed E-state index contributed by atoms with van der Waals surface area (Å²) in [5.74, 6) is 2.99. The molecule has 1 saturated carbocycles. The molecular formula is C15H31NO2S. The van der Waals surface area contributed by atoms with Gasteiger partial charge < -0.3 is 5.32 Å². The van der Waals surface area contributed by atoms with Crippen molar-refractivity contribution >= 4 is 9.84 Å². The molecule has 1 rings (SSSR count). The van der Waals surface area contributed by atoms with E-state index < -0.39 is 9.84 Å². The molecule has 0 spiro atoms. The van der Waals surface area contributed by atoms with Gasteiger partial charge in [0.1, 0.15) is 9.84 Å². The van der Waals surface area contributed by atoms with Gasteiger partial charge in [-0.3, -0.25) is 0 Å². The third-order valence-corrected chi connectivity index (χ3v) is 6.55. The average molecular weight is 289 g/mol. The Morgan fingerprint density at radius 2 is 1.89 bits per heavy atom. The number of sulfone groups is 1. The fourth-order valence-electron chi connectivity index (χ4n) is 3.39. The molecule has 114 valence electrons. The number of nitrogens with one attached hydrogen (secondary N) is 1. The summed E-state index contributed by atoms with van der Waals surface area (Å²) in [6.45, 7) is 5.11. The zero-order chi connectivity index (χ0) is 14.3. The first-order chi connectivity index (χ1) is 9.02. The standard InChI is InChI=1S/C15H31NO2S/c1-4-13-8-9-15(12-16-3)14(11-13)7-6-10-19(17,18)5-2/h13-16H,4-12H2,1-3H3. The molecule has 3 unspecified atom stereocenters. The van der Waals surface area contributed by atoms with Crippen LogP contribution in [0.15, 0.2) is 0 Å². The smallest absolute Gasteiger partial charge is 0.150 e. The SMILES string of the molecule is CCC1CCC(CNC)C(CCCS(=O)(=O)CC)C1. The second kappa shape index (κ2) is 8.25. The van der Waals surface area contributed by atoms with Crippen molar-refractivity contribution in [2.45, 2.75) is 52.4 Å². The van der Waals surface area contributed by atoms with E-state index in [9.17, 15) is 8.42 Å². The predicted molar refractivity (Wildman–Crippen MR) is 82.1 cm³/mol. The molecule has 0 amide bonds. The van der Waals surface area contributed by atoms with Crippen LogP contribution in [0.2, 0.25) is 0 Å². The Bertz CT molecular complexity index is 340. The van der Waals surface area contributed by atoms with E-state index in [1.807, 2.05) is 7.05 Å². The van der Waals surface area contributed by atoms with E-state index in [4.69, 9.17) is 0 Å². The van der Waals surface area contributed by atoms with Crippen molar-refractivity contribution in [3.05, 3.63) is 0 Å². The normalized spacial score (nSPS) is 28.5. The van der Waals surface area contributed by atoms with Crippen molar-refractivity contribution in [3.8, 4) is 0 Å². The maximum atomic E-state index is 11.6. The van der Waals surface area contributed by atoms with Gasteiger partial charge in [-0.2, -0.15) is 0 Å². The highest BCUT2D eigenvalue weighted by atomic mass is 32.2. The molecule has 1 aliphatic rings. The number of rotatable bonds is 8. The molecule has 3 atom stereocenters. The maximum Gasteiger partial charge on any atom is 0.150 e. The van der Waals surface area contributed by atoms with Crippen LogP contribution in [0.1, 0.15) is 52.4 Å². The lowest BCUT2D eigenvalue weighted by Gasteiger charge is -2.36. The molecule has 0 bridgehead atoms. The van der Waals surface area contributed by atoms with Crippen molar-refractivity contribution in [2.24, 2.45) is 17.8 Å². The minimum absolute atomic E-state index is 0.287. The van der Waals surface area contributed by atoms with Gasteiger partial charge in [0.15, 0.2) is 0 Å². The zero-order valence-corrected chi connectivity index (χ0v) is 13.6. The van der Waals surface area contributed by atoms with Gasteiger partial charge in [0.2, 0.25) is 0 Å². The minimum atomic E-state index is -2.78. The highest BCUT2D eigenvalue weighted by Gasteiger charge is 2.29. The zero-order valence-electron chi connectivity index (χ0n) is 12.8. The first-order valence-electron chi connectivity index (χ1n) is 7.87. The Kier molecular flexibility index (Phi) is 7.37. The lowest BCUT2D eigenvalue weighted by molar-refractivity contribution is 0.164. The third kappa shape index (κ3) is 5.82. The van der Waals surface area contributed by atoms with E-state index in [0.29, 0.717) is 5.75 Å². The van der Waals surface area contributed by atoms with E-state index in [-0.39, 0.29) is 5.75 Å².